The van der Waals surface area contributed by atoms with Crippen LogP contribution in [0.15, 0.2) is 0 Å². The molecule has 0 radical (unpaired) electrons. The van der Waals surface area contributed by atoms with Gasteiger partial charge in [-0.3, -0.25) is 0 Å². The lowest BCUT2D eigenvalue weighted by Gasteiger charge is -2.18. The van der Waals surface area contributed by atoms with Crippen LogP contribution in [0.25, 0.3) is 0 Å². The van der Waals surface area contributed by atoms with E-state index in [-0.39, 0.29) is 6.09 Å². The van der Waals surface area contributed by atoms with Gasteiger partial charge in [-0.05, 0) is 12.3 Å². The van der Waals surface area contributed by atoms with E-state index < -0.39 is 0 Å². The molecule has 0 aromatic carbocycles. The van der Waals surface area contributed by atoms with Crippen LogP contribution < -0.4 is 0 Å². The van der Waals surface area contributed by atoms with E-state index in [0.717, 1.165) is 18.9 Å². The molecule has 0 spiro atoms. The molecular weight excluding hydrogens is 250 g/mol. The Kier molecular flexibility index (Phi) is 12.8. The van der Waals surface area contributed by atoms with E-state index in [9.17, 15) is 4.79 Å². The Balaban J connectivity index is 3.71. The molecule has 0 bridgehead atoms. The third kappa shape index (κ3) is 10.1. The maximum atomic E-state index is 11.2. The van der Waals surface area contributed by atoms with Crippen molar-refractivity contribution in [2.45, 2.75) is 78.1 Å². The first-order chi connectivity index (χ1) is 9.65. The van der Waals surface area contributed by atoms with Crippen molar-refractivity contribution < 1.29 is 9.53 Å². The van der Waals surface area contributed by atoms with Gasteiger partial charge >= 0.3 is 6.09 Å². The molecule has 3 nitrogen and oxygen atoms in total. The van der Waals surface area contributed by atoms with Gasteiger partial charge in [0.15, 0.2) is 0 Å². The van der Waals surface area contributed by atoms with Crippen molar-refractivity contribution in [3.8, 4) is 0 Å². The summed E-state index contributed by atoms with van der Waals surface area (Å²) in [4.78, 5) is 12.9. The van der Waals surface area contributed by atoms with Crippen LogP contribution in [0, 0.1) is 5.92 Å². The van der Waals surface area contributed by atoms with Crippen molar-refractivity contribution in [3.63, 3.8) is 0 Å². The standard InChI is InChI=1S/C17H35NO2/c1-5-7-8-9-13-16(12-6-2)14-10-11-15-18(3)17(19)20-4/h16H,5-15H2,1-4H3. The second-order valence-electron chi connectivity index (χ2n) is 5.89. The van der Waals surface area contributed by atoms with Gasteiger partial charge in [0.25, 0.3) is 0 Å². The predicted octanol–water partition coefficient (Wildman–Crippen LogP) is 5.24. The van der Waals surface area contributed by atoms with E-state index in [1.54, 1.807) is 11.9 Å². The van der Waals surface area contributed by atoms with Crippen LogP contribution in [0.2, 0.25) is 0 Å². The lowest BCUT2D eigenvalue weighted by Crippen LogP contribution is -2.27. The lowest BCUT2D eigenvalue weighted by molar-refractivity contribution is 0.132. The van der Waals surface area contributed by atoms with Crippen LogP contribution in [0.1, 0.15) is 78.1 Å². The minimum absolute atomic E-state index is 0.227. The van der Waals surface area contributed by atoms with Gasteiger partial charge in [0, 0.05) is 13.6 Å². The second kappa shape index (κ2) is 13.3. The molecule has 0 saturated heterocycles. The van der Waals surface area contributed by atoms with Crippen molar-refractivity contribution in [2.24, 2.45) is 5.92 Å². The Morgan fingerprint density at radius 3 is 2.15 bits per heavy atom. The molecule has 0 aromatic rings. The van der Waals surface area contributed by atoms with Gasteiger partial charge in [-0.1, -0.05) is 71.6 Å². The zero-order chi connectivity index (χ0) is 15.2. The van der Waals surface area contributed by atoms with Gasteiger partial charge in [0.1, 0.15) is 0 Å². The number of hydrogen-bond donors (Lipinski definition) is 0. The number of amides is 1. The summed E-state index contributed by atoms with van der Waals surface area (Å²) in [5.41, 5.74) is 0. The third-order valence-electron chi connectivity index (χ3n) is 4.01. The largest absolute Gasteiger partial charge is 0.453 e. The number of methoxy groups -OCH3 is 1. The second-order valence-corrected chi connectivity index (χ2v) is 5.89. The molecule has 20 heavy (non-hydrogen) atoms. The Bertz CT molecular complexity index is 231. The summed E-state index contributed by atoms with van der Waals surface area (Å²) in [6, 6.07) is 0. The molecule has 0 rings (SSSR count). The summed E-state index contributed by atoms with van der Waals surface area (Å²) in [5.74, 6) is 0.889. The first kappa shape index (κ1) is 19.3. The summed E-state index contributed by atoms with van der Waals surface area (Å²) >= 11 is 0. The lowest BCUT2D eigenvalue weighted by atomic mass is 9.91. The highest BCUT2D eigenvalue weighted by atomic mass is 16.5. The number of ether oxygens (including phenoxy) is 1. The molecule has 1 amide bonds. The molecule has 1 unspecified atom stereocenters. The topological polar surface area (TPSA) is 29.5 Å². The van der Waals surface area contributed by atoms with Crippen molar-refractivity contribution in [3.05, 3.63) is 0 Å². The zero-order valence-corrected chi connectivity index (χ0v) is 14.1. The van der Waals surface area contributed by atoms with Crippen LogP contribution in [-0.2, 0) is 4.74 Å². The Morgan fingerprint density at radius 2 is 1.60 bits per heavy atom. The molecule has 120 valence electrons. The van der Waals surface area contributed by atoms with Gasteiger partial charge < -0.3 is 9.64 Å². The van der Waals surface area contributed by atoms with Crippen molar-refractivity contribution in [2.75, 3.05) is 20.7 Å². The zero-order valence-electron chi connectivity index (χ0n) is 14.1. The fourth-order valence-corrected chi connectivity index (χ4v) is 2.73. The number of carbonyl (C=O) groups is 1. The predicted molar refractivity (Wildman–Crippen MR) is 86.0 cm³/mol. The summed E-state index contributed by atoms with van der Waals surface area (Å²) in [5, 5.41) is 0. The van der Waals surface area contributed by atoms with Gasteiger partial charge in [-0.2, -0.15) is 0 Å². The van der Waals surface area contributed by atoms with E-state index in [1.165, 1.54) is 64.9 Å². The molecule has 3 heteroatoms. The fourth-order valence-electron chi connectivity index (χ4n) is 2.73. The van der Waals surface area contributed by atoms with E-state index in [0.29, 0.717) is 0 Å². The van der Waals surface area contributed by atoms with Crippen LogP contribution >= 0.6 is 0 Å². The van der Waals surface area contributed by atoms with E-state index in [4.69, 9.17) is 4.74 Å². The number of hydrogen-bond acceptors (Lipinski definition) is 2. The number of rotatable bonds is 12. The Hall–Kier alpha value is -0.730. The number of nitrogens with zero attached hydrogens (tertiary/aromatic N) is 1. The smallest absolute Gasteiger partial charge is 0.409 e. The molecule has 0 heterocycles. The summed E-state index contributed by atoms with van der Waals surface area (Å²) in [7, 11) is 3.24. The van der Waals surface area contributed by atoms with Gasteiger partial charge in [0.2, 0.25) is 0 Å². The van der Waals surface area contributed by atoms with E-state index >= 15 is 0 Å². The van der Waals surface area contributed by atoms with Crippen LogP contribution in [0.5, 0.6) is 0 Å². The molecule has 1 atom stereocenters. The summed E-state index contributed by atoms with van der Waals surface area (Å²) in [6.45, 7) is 5.35. The van der Waals surface area contributed by atoms with Crippen LogP contribution in [-0.4, -0.2) is 31.7 Å². The number of carbonyl (C=O) groups excluding carboxylic acids is 1. The molecule has 0 aliphatic carbocycles. The minimum Gasteiger partial charge on any atom is -0.453 e. The summed E-state index contributed by atoms with van der Waals surface area (Å²) < 4.78 is 4.69. The van der Waals surface area contributed by atoms with Gasteiger partial charge in [-0.15, -0.1) is 0 Å². The molecule has 0 aromatic heterocycles. The first-order valence-corrected chi connectivity index (χ1v) is 8.44. The highest BCUT2D eigenvalue weighted by Crippen LogP contribution is 2.22. The van der Waals surface area contributed by atoms with Crippen molar-refractivity contribution in [1.82, 2.24) is 4.90 Å². The molecule has 0 N–H and O–H groups in total. The molecule has 0 aliphatic heterocycles. The first-order valence-electron chi connectivity index (χ1n) is 8.44. The molecule has 0 saturated carbocycles. The van der Waals surface area contributed by atoms with E-state index in [2.05, 4.69) is 13.8 Å². The van der Waals surface area contributed by atoms with Crippen molar-refractivity contribution in [1.29, 1.82) is 0 Å². The maximum Gasteiger partial charge on any atom is 0.409 e. The minimum atomic E-state index is -0.227. The quantitative estimate of drug-likeness (QED) is 0.459. The monoisotopic (exact) mass is 285 g/mol. The van der Waals surface area contributed by atoms with Crippen molar-refractivity contribution >= 4 is 6.09 Å². The Morgan fingerprint density at radius 1 is 0.950 bits per heavy atom. The van der Waals surface area contributed by atoms with Gasteiger partial charge in [0.05, 0.1) is 7.11 Å². The highest BCUT2D eigenvalue weighted by molar-refractivity contribution is 5.66. The normalized spacial score (nSPS) is 12.2. The molecule has 0 fully saturated rings. The highest BCUT2D eigenvalue weighted by Gasteiger charge is 2.10. The molecule has 0 aliphatic rings. The SMILES string of the molecule is CCCCCCC(CCC)CCCCN(C)C(=O)OC. The Labute approximate surface area is 126 Å². The fraction of sp³-hybridized carbons (Fsp3) is 0.941. The average molecular weight is 285 g/mol. The maximum absolute atomic E-state index is 11.2. The van der Waals surface area contributed by atoms with Crippen LogP contribution in [0.3, 0.4) is 0 Å². The average Bonchev–Trinajstić information content (AvgIpc) is 2.46. The third-order valence-corrected chi connectivity index (χ3v) is 4.01. The van der Waals surface area contributed by atoms with E-state index in [1.807, 2.05) is 0 Å². The van der Waals surface area contributed by atoms with Crippen LogP contribution in [0.4, 0.5) is 4.79 Å². The van der Waals surface area contributed by atoms with Gasteiger partial charge in [-0.25, -0.2) is 4.79 Å². The molecular formula is C17H35NO2. The number of unbranched alkanes of at least 4 members (excludes halogenated alkanes) is 4. The summed E-state index contributed by atoms with van der Waals surface area (Å²) in [6.07, 6.45) is 12.9.